The average Bonchev–Trinajstić information content (AvgIpc) is 2.79. The van der Waals surface area contributed by atoms with Crippen LogP contribution in [0.1, 0.15) is 36.8 Å². The van der Waals surface area contributed by atoms with Crippen LogP contribution in [0, 0.1) is 6.92 Å². The fourth-order valence-corrected chi connectivity index (χ4v) is 2.48. The van der Waals surface area contributed by atoms with Crippen molar-refractivity contribution in [2.45, 2.75) is 6.92 Å². The number of benzene rings is 1. The molecule has 0 saturated carbocycles. The van der Waals surface area contributed by atoms with Gasteiger partial charge in [-0.15, -0.1) is 0 Å². The number of carboxylic acids is 1. The van der Waals surface area contributed by atoms with Crippen molar-refractivity contribution < 1.29 is 19.5 Å². The van der Waals surface area contributed by atoms with E-state index < -0.39 is 17.8 Å². The van der Waals surface area contributed by atoms with Gasteiger partial charge in [-0.05, 0) is 36.7 Å². The molecule has 0 unspecified atom stereocenters. The number of anilines is 1. The third kappa shape index (κ3) is 3.06. The summed E-state index contributed by atoms with van der Waals surface area (Å²) in [6.07, 6.45) is 0. The summed E-state index contributed by atoms with van der Waals surface area (Å²) < 4.78 is 3.90. The number of aryl methyl sites for hydroxylation is 1. The quantitative estimate of drug-likeness (QED) is 0.790. The molecular weight excluding hydrogens is 294 g/mol. The Morgan fingerprint density at radius 1 is 1.29 bits per heavy atom. The summed E-state index contributed by atoms with van der Waals surface area (Å²) in [4.78, 5) is 34.3. The molecule has 2 aromatic rings. The zero-order chi connectivity index (χ0) is 15.6. The largest absolute Gasteiger partial charge is 0.478 e. The Balaban J connectivity index is 2.28. The highest BCUT2D eigenvalue weighted by molar-refractivity contribution is 7.11. The van der Waals surface area contributed by atoms with Crippen LogP contribution in [0.2, 0.25) is 0 Å². The van der Waals surface area contributed by atoms with Gasteiger partial charge in [-0.2, -0.15) is 4.37 Å². The maximum Gasteiger partial charge on any atom is 0.340 e. The minimum Gasteiger partial charge on any atom is -0.478 e. The third-order valence-electron chi connectivity index (χ3n) is 2.71. The van der Waals surface area contributed by atoms with Crippen LogP contribution < -0.4 is 11.1 Å². The van der Waals surface area contributed by atoms with E-state index >= 15 is 0 Å². The number of primary amides is 1. The van der Waals surface area contributed by atoms with E-state index in [0.29, 0.717) is 5.69 Å². The molecule has 0 aliphatic carbocycles. The second-order valence-electron chi connectivity index (χ2n) is 4.18. The summed E-state index contributed by atoms with van der Waals surface area (Å²) in [7, 11) is 0. The molecule has 0 bridgehead atoms. The number of nitrogens with one attached hydrogen (secondary N) is 1. The molecule has 21 heavy (non-hydrogen) atoms. The molecule has 1 aromatic heterocycles. The van der Waals surface area contributed by atoms with Gasteiger partial charge in [0.05, 0.1) is 5.69 Å². The Morgan fingerprint density at radius 3 is 2.57 bits per heavy atom. The number of nitrogens with zero attached hydrogens (tertiary/aromatic N) is 1. The van der Waals surface area contributed by atoms with Crippen LogP contribution in [-0.4, -0.2) is 27.3 Å². The van der Waals surface area contributed by atoms with Crippen molar-refractivity contribution in [1.82, 2.24) is 4.37 Å². The van der Waals surface area contributed by atoms with Gasteiger partial charge in [0.25, 0.3) is 5.91 Å². The second kappa shape index (κ2) is 5.71. The van der Waals surface area contributed by atoms with Crippen molar-refractivity contribution >= 4 is 34.3 Å². The highest BCUT2D eigenvalue weighted by Crippen LogP contribution is 2.25. The number of aromatic carboxylic acids is 1. The number of carbonyl (C=O) groups is 3. The van der Waals surface area contributed by atoms with E-state index in [1.165, 1.54) is 24.3 Å². The van der Waals surface area contributed by atoms with Gasteiger partial charge in [-0.25, -0.2) is 4.79 Å². The lowest BCUT2D eigenvalue weighted by Gasteiger charge is -2.05. The van der Waals surface area contributed by atoms with Crippen molar-refractivity contribution in [3.8, 4) is 0 Å². The predicted molar refractivity (Wildman–Crippen MR) is 76.7 cm³/mol. The fourth-order valence-electron chi connectivity index (χ4n) is 1.70. The number of amides is 2. The van der Waals surface area contributed by atoms with E-state index in [9.17, 15) is 14.4 Å². The molecule has 8 heteroatoms. The lowest BCUT2D eigenvalue weighted by Crippen LogP contribution is -2.16. The van der Waals surface area contributed by atoms with E-state index in [0.717, 1.165) is 11.5 Å². The molecular formula is C13H11N3O4S. The Bertz CT molecular complexity index is 739. The van der Waals surface area contributed by atoms with E-state index in [1.807, 2.05) is 0 Å². The SMILES string of the molecule is Cc1nsc(NC(=O)c2cccc(C(N)=O)c2)c1C(=O)O. The number of aromatic nitrogens is 1. The molecule has 0 radical (unpaired) electrons. The minimum atomic E-state index is -1.16. The van der Waals surface area contributed by atoms with Crippen molar-refractivity contribution in [2.24, 2.45) is 5.73 Å². The first kappa shape index (κ1) is 14.7. The number of hydrogen-bond donors (Lipinski definition) is 3. The molecule has 0 spiro atoms. The summed E-state index contributed by atoms with van der Waals surface area (Å²) in [5, 5.41) is 11.7. The van der Waals surface area contributed by atoms with Crippen LogP contribution in [0.4, 0.5) is 5.00 Å². The molecule has 0 fully saturated rings. The zero-order valence-corrected chi connectivity index (χ0v) is 11.7. The van der Waals surface area contributed by atoms with Crippen LogP contribution >= 0.6 is 11.5 Å². The standard InChI is InChI=1S/C13H11N3O4S/c1-6-9(13(19)20)12(21-16-6)15-11(18)8-4-2-3-7(5-8)10(14)17/h2-5H,1H3,(H2,14,17)(H,15,18)(H,19,20). The molecule has 0 saturated heterocycles. The Labute approximate surface area is 123 Å². The van der Waals surface area contributed by atoms with Gasteiger partial charge in [-0.3, -0.25) is 9.59 Å². The summed E-state index contributed by atoms with van der Waals surface area (Å²) in [5.74, 6) is -2.35. The van der Waals surface area contributed by atoms with Gasteiger partial charge in [0.1, 0.15) is 10.6 Å². The summed E-state index contributed by atoms with van der Waals surface area (Å²) >= 11 is 0.884. The van der Waals surface area contributed by atoms with Crippen LogP contribution in [0.15, 0.2) is 24.3 Å². The molecule has 1 heterocycles. The van der Waals surface area contributed by atoms with Crippen LogP contribution in [0.25, 0.3) is 0 Å². The van der Waals surface area contributed by atoms with Gasteiger partial charge in [0.2, 0.25) is 5.91 Å². The van der Waals surface area contributed by atoms with Crippen molar-refractivity contribution in [3.63, 3.8) is 0 Å². The first-order valence-corrected chi connectivity index (χ1v) is 6.58. The number of carbonyl (C=O) groups excluding carboxylic acids is 2. The second-order valence-corrected chi connectivity index (χ2v) is 4.95. The minimum absolute atomic E-state index is 0.0422. The highest BCUT2D eigenvalue weighted by Gasteiger charge is 2.20. The number of carboxylic acid groups (broad SMARTS) is 1. The molecule has 2 rings (SSSR count). The number of hydrogen-bond acceptors (Lipinski definition) is 5. The van der Waals surface area contributed by atoms with Crippen molar-refractivity contribution in [2.75, 3.05) is 5.32 Å². The van der Waals surface area contributed by atoms with Crippen molar-refractivity contribution in [3.05, 3.63) is 46.6 Å². The molecule has 7 nitrogen and oxygen atoms in total. The van der Waals surface area contributed by atoms with Gasteiger partial charge in [0.15, 0.2) is 0 Å². The fraction of sp³-hybridized carbons (Fsp3) is 0.0769. The number of rotatable bonds is 4. The number of nitrogens with two attached hydrogens (primary N) is 1. The first-order valence-electron chi connectivity index (χ1n) is 5.81. The highest BCUT2D eigenvalue weighted by atomic mass is 32.1. The van der Waals surface area contributed by atoms with E-state index in [4.69, 9.17) is 10.8 Å². The van der Waals surface area contributed by atoms with Gasteiger partial charge in [-0.1, -0.05) is 6.07 Å². The van der Waals surface area contributed by atoms with Crippen LogP contribution in [-0.2, 0) is 0 Å². The Hall–Kier alpha value is -2.74. The molecule has 0 aliphatic heterocycles. The maximum atomic E-state index is 12.1. The molecule has 1 aromatic carbocycles. The van der Waals surface area contributed by atoms with Gasteiger partial charge >= 0.3 is 5.97 Å². The molecule has 0 aliphatic rings. The summed E-state index contributed by atoms with van der Waals surface area (Å²) in [6.45, 7) is 1.54. The van der Waals surface area contributed by atoms with E-state index in [-0.39, 0.29) is 21.7 Å². The topological polar surface area (TPSA) is 122 Å². The van der Waals surface area contributed by atoms with E-state index in [1.54, 1.807) is 6.92 Å². The normalized spacial score (nSPS) is 10.1. The lowest BCUT2D eigenvalue weighted by molar-refractivity contribution is 0.0697. The monoisotopic (exact) mass is 305 g/mol. The lowest BCUT2D eigenvalue weighted by atomic mass is 10.1. The van der Waals surface area contributed by atoms with Crippen LogP contribution in [0.5, 0.6) is 0 Å². The first-order chi connectivity index (χ1) is 9.90. The molecule has 0 atom stereocenters. The Kier molecular flexibility index (Phi) is 3.99. The smallest absolute Gasteiger partial charge is 0.340 e. The van der Waals surface area contributed by atoms with Crippen molar-refractivity contribution in [1.29, 1.82) is 0 Å². The predicted octanol–water partition coefficient (Wildman–Crippen LogP) is 1.50. The molecule has 4 N–H and O–H groups in total. The molecule has 108 valence electrons. The summed E-state index contributed by atoms with van der Waals surface area (Å²) in [6, 6.07) is 5.84. The molecule has 2 amide bonds. The average molecular weight is 305 g/mol. The third-order valence-corrected chi connectivity index (χ3v) is 3.57. The van der Waals surface area contributed by atoms with Gasteiger partial charge in [0, 0.05) is 11.1 Å². The maximum absolute atomic E-state index is 12.1. The Morgan fingerprint density at radius 2 is 1.95 bits per heavy atom. The summed E-state index contributed by atoms with van der Waals surface area (Å²) in [5.41, 5.74) is 5.83. The van der Waals surface area contributed by atoms with E-state index in [2.05, 4.69) is 9.69 Å². The van der Waals surface area contributed by atoms with Crippen LogP contribution in [0.3, 0.4) is 0 Å². The zero-order valence-electron chi connectivity index (χ0n) is 10.9. The van der Waals surface area contributed by atoms with Gasteiger partial charge < -0.3 is 16.2 Å².